The molecule has 0 N–H and O–H groups in total. The van der Waals surface area contributed by atoms with Crippen molar-refractivity contribution in [3.8, 4) is 0 Å². The lowest BCUT2D eigenvalue weighted by Crippen LogP contribution is -2.47. The molecule has 2 rings (SSSR count). The topological polar surface area (TPSA) is 20.3 Å². The minimum atomic E-state index is 0.465. The number of hydrogen-bond donors (Lipinski definition) is 0. The normalized spacial score (nSPS) is 31.5. The lowest BCUT2D eigenvalue weighted by atomic mass is 9.97. The molecule has 1 aliphatic carbocycles. The number of carbonyl (C=O) groups is 1. The van der Waals surface area contributed by atoms with E-state index < -0.39 is 0 Å². The standard InChI is InChI=1S/C13H23NO/c1-11-10-13(15)8-9-14(11)12-6-4-2-3-5-7-12/h11-12H,2-10H2,1H3. The molecule has 0 aromatic rings. The molecule has 86 valence electrons. The summed E-state index contributed by atoms with van der Waals surface area (Å²) in [5, 5.41) is 0. The smallest absolute Gasteiger partial charge is 0.135 e. The second-order valence-electron chi connectivity index (χ2n) is 5.23. The first kappa shape index (κ1) is 11.1. The molecule has 0 aromatic carbocycles. The maximum absolute atomic E-state index is 11.3. The first-order valence-electron chi connectivity index (χ1n) is 6.55. The number of piperidine rings is 1. The summed E-state index contributed by atoms with van der Waals surface area (Å²) in [5.41, 5.74) is 0. The van der Waals surface area contributed by atoms with Gasteiger partial charge in [-0.1, -0.05) is 25.7 Å². The Balaban J connectivity index is 1.93. The second kappa shape index (κ2) is 5.11. The molecule has 2 nitrogen and oxygen atoms in total. The minimum Gasteiger partial charge on any atom is -0.300 e. The number of rotatable bonds is 1. The average molecular weight is 209 g/mol. The van der Waals surface area contributed by atoms with Crippen LogP contribution in [-0.2, 0) is 4.79 Å². The van der Waals surface area contributed by atoms with E-state index in [1.165, 1.54) is 38.5 Å². The summed E-state index contributed by atoms with van der Waals surface area (Å²) in [6.45, 7) is 3.24. The van der Waals surface area contributed by atoms with Crippen LogP contribution >= 0.6 is 0 Å². The Morgan fingerprint density at radius 2 is 1.80 bits per heavy atom. The van der Waals surface area contributed by atoms with Gasteiger partial charge in [0, 0.05) is 31.5 Å². The highest BCUT2D eigenvalue weighted by Crippen LogP contribution is 2.26. The summed E-state index contributed by atoms with van der Waals surface area (Å²) in [6, 6.07) is 1.27. The highest BCUT2D eigenvalue weighted by molar-refractivity contribution is 5.79. The molecule has 15 heavy (non-hydrogen) atoms. The van der Waals surface area contributed by atoms with Gasteiger partial charge in [0.15, 0.2) is 0 Å². The zero-order valence-corrected chi connectivity index (χ0v) is 9.87. The summed E-state index contributed by atoms with van der Waals surface area (Å²) in [4.78, 5) is 13.9. The Morgan fingerprint density at radius 1 is 1.13 bits per heavy atom. The van der Waals surface area contributed by atoms with Gasteiger partial charge in [0.2, 0.25) is 0 Å². The van der Waals surface area contributed by atoms with Gasteiger partial charge >= 0.3 is 0 Å². The lowest BCUT2D eigenvalue weighted by molar-refractivity contribution is -0.123. The largest absolute Gasteiger partial charge is 0.300 e. The first-order valence-corrected chi connectivity index (χ1v) is 6.55. The van der Waals surface area contributed by atoms with Crippen molar-refractivity contribution < 1.29 is 4.79 Å². The summed E-state index contributed by atoms with van der Waals surface area (Å²) < 4.78 is 0. The van der Waals surface area contributed by atoms with Crippen LogP contribution in [0.3, 0.4) is 0 Å². The molecule has 1 saturated heterocycles. The van der Waals surface area contributed by atoms with Gasteiger partial charge in [-0.05, 0) is 19.8 Å². The molecule has 0 bridgehead atoms. The van der Waals surface area contributed by atoms with Gasteiger partial charge in [-0.15, -0.1) is 0 Å². The van der Waals surface area contributed by atoms with Crippen LogP contribution in [0.4, 0.5) is 0 Å². The molecule has 1 unspecified atom stereocenters. The Hall–Kier alpha value is -0.370. The average Bonchev–Trinajstić information content (AvgIpc) is 2.46. The van der Waals surface area contributed by atoms with Gasteiger partial charge < -0.3 is 0 Å². The van der Waals surface area contributed by atoms with E-state index in [9.17, 15) is 4.79 Å². The van der Waals surface area contributed by atoms with E-state index in [2.05, 4.69) is 11.8 Å². The van der Waals surface area contributed by atoms with Crippen LogP contribution in [0.25, 0.3) is 0 Å². The van der Waals surface area contributed by atoms with E-state index in [4.69, 9.17) is 0 Å². The minimum absolute atomic E-state index is 0.465. The third kappa shape index (κ3) is 2.81. The molecule has 0 aromatic heterocycles. The fourth-order valence-electron chi connectivity index (χ4n) is 3.15. The van der Waals surface area contributed by atoms with Gasteiger partial charge in [-0.25, -0.2) is 0 Å². The number of hydrogen-bond acceptors (Lipinski definition) is 2. The highest BCUT2D eigenvalue weighted by Gasteiger charge is 2.29. The van der Waals surface area contributed by atoms with Crippen molar-refractivity contribution in [1.82, 2.24) is 4.90 Å². The van der Waals surface area contributed by atoms with Gasteiger partial charge in [-0.3, -0.25) is 9.69 Å². The number of likely N-dealkylation sites (tertiary alicyclic amines) is 1. The maximum Gasteiger partial charge on any atom is 0.135 e. The number of nitrogens with zero attached hydrogens (tertiary/aromatic N) is 1. The molecule has 1 aliphatic heterocycles. The SMILES string of the molecule is CC1CC(=O)CCN1C1CCCCCC1. The third-order valence-electron chi connectivity index (χ3n) is 4.03. The Kier molecular flexibility index (Phi) is 3.79. The quantitative estimate of drug-likeness (QED) is 0.619. The fraction of sp³-hybridized carbons (Fsp3) is 0.923. The van der Waals surface area contributed by atoms with Crippen LogP contribution in [0.1, 0.15) is 58.3 Å². The van der Waals surface area contributed by atoms with Crippen molar-refractivity contribution in [2.75, 3.05) is 6.54 Å². The van der Waals surface area contributed by atoms with Crippen LogP contribution in [0, 0.1) is 0 Å². The van der Waals surface area contributed by atoms with Crippen molar-refractivity contribution in [3.05, 3.63) is 0 Å². The van der Waals surface area contributed by atoms with Crippen molar-refractivity contribution in [2.45, 2.75) is 70.4 Å². The van der Waals surface area contributed by atoms with Crippen LogP contribution < -0.4 is 0 Å². The predicted molar refractivity (Wildman–Crippen MR) is 61.9 cm³/mol. The van der Waals surface area contributed by atoms with E-state index in [-0.39, 0.29) is 0 Å². The van der Waals surface area contributed by atoms with E-state index >= 15 is 0 Å². The van der Waals surface area contributed by atoms with Crippen LogP contribution in [0.15, 0.2) is 0 Å². The number of carbonyl (C=O) groups excluding carboxylic acids is 1. The molecular weight excluding hydrogens is 186 g/mol. The third-order valence-corrected chi connectivity index (χ3v) is 4.03. The fourth-order valence-corrected chi connectivity index (χ4v) is 3.15. The second-order valence-corrected chi connectivity index (χ2v) is 5.23. The zero-order valence-electron chi connectivity index (χ0n) is 9.87. The molecule has 1 atom stereocenters. The van der Waals surface area contributed by atoms with Gasteiger partial charge in [-0.2, -0.15) is 0 Å². The summed E-state index contributed by atoms with van der Waals surface area (Å²) in [5.74, 6) is 0.465. The molecule has 2 heteroatoms. The summed E-state index contributed by atoms with van der Waals surface area (Å²) >= 11 is 0. The summed E-state index contributed by atoms with van der Waals surface area (Å²) in [7, 11) is 0. The van der Waals surface area contributed by atoms with Crippen LogP contribution in [-0.4, -0.2) is 29.3 Å². The molecular formula is C13H23NO. The van der Waals surface area contributed by atoms with E-state index in [0.29, 0.717) is 11.8 Å². The van der Waals surface area contributed by atoms with Crippen molar-refractivity contribution in [2.24, 2.45) is 0 Å². The highest BCUT2D eigenvalue weighted by atomic mass is 16.1. The Labute approximate surface area is 93.0 Å². The maximum atomic E-state index is 11.3. The van der Waals surface area contributed by atoms with E-state index in [1.54, 1.807) is 0 Å². The van der Waals surface area contributed by atoms with Crippen LogP contribution in [0.2, 0.25) is 0 Å². The monoisotopic (exact) mass is 209 g/mol. The lowest BCUT2D eigenvalue weighted by Gasteiger charge is -2.38. The van der Waals surface area contributed by atoms with E-state index in [1.807, 2.05) is 0 Å². The summed E-state index contributed by atoms with van der Waals surface area (Å²) in [6.07, 6.45) is 9.91. The predicted octanol–water partition coefficient (Wildman–Crippen LogP) is 2.76. The van der Waals surface area contributed by atoms with Crippen molar-refractivity contribution in [1.29, 1.82) is 0 Å². The Bertz CT molecular complexity index is 219. The van der Waals surface area contributed by atoms with Crippen molar-refractivity contribution in [3.63, 3.8) is 0 Å². The number of ketones is 1. The number of Topliss-reactive ketones (excluding diaryl/α,β-unsaturated/α-hetero) is 1. The van der Waals surface area contributed by atoms with Gasteiger partial charge in [0.1, 0.15) is 5.78 Å². The molecule has 2 aliphatic rings. The molecule has 1 heterocycles. The molecule has 0 amide bonds. The van der Waals surface area contributed by atoms with Crippen LogP contribution in [0.5, 0.6) is 0 Å². The Morgan fingerprint density at radius 3 is 2.40 bits per heavy atom. The molecule has 1 saturated carbocycles. The van der Waals surface area contributed by atoms with Crippen molar-refractivity contribution >= 4 is 5.78 Å². The molecule has 2 fully saturated rings. The molecule has 0 radical (unpaired) electrons. The van der Waals surface area contributed by atoms with Gasteiger partial charge in [0.25, 0.3) is 0 Å². The van der Waals surface area contributed by atoms with E-state index in [0.717, 1.165) is 25.4 Å². The molecule has 0 spiro atoms. The first-order chi connectivity index (χ1) is 7.27. The van der Waals surface area contributed by atoms with Gasteiger partial charge in [0.05, 0.1) is 0 Å². The zero-order chi connectivity index (χ0) is 10.7.